The Morgan fingerprint density at radius 2 is 1.63 bits per heavy atom. The van der Waals surface area contributed by atoms with Crippen molar-refractivity contribution in [2.45, 2.75) is 27.7 Å². The van der Waals surface area contributed by atoms with E-state index in [1.165, 1.54) is 0 Å². The highest BCUT2D eigenvalue weighted by Gasteiger charge is 2.11. The fraction of sp³-hybridized carbons (Fsp3) is 0.222. The van der Waals surface area contributed by atoms with Gasteiger partial charge >= 0.3 is 8.60 Å². The number of benzene rings is 2. The Kier molecular flexibility index (Phi) is 13.6. The summed E-state index contributed by atoms with van der Waals surface area (Å²) in [6.45, 7) is 8.00. The van der Waals surface area contributed by atoms with E-state index in [0.29, 0.717) is 17.0 Å². The smallest absolute Gasteiger partial charge is 0.391 e. The summed E-state index contributed by atoms with van der Waals surface area (Å²) in [5.41, 5.74) is 10.1. The molecule has 0 aliphatic rings. The van der Waals surface area contributed by atoms with Gasteiger partial charge in [0.1, 0.15) is 5.75 Å². The Bertz CT molecular complexity index is 745. The summed E-state index contributed by atoms with van der Waals surface area (Å²) >= 11 is 8.20. The van der Waals surface area contributed by atoms with Crippen molar-refractivity contribution in [1.82, 2.24) is 5.43 Å². The molecule has 5 N–H and O–H groups in total. The molecule has 2 aromatic rings. The first-order chi connectivity index (χ1) is 13.0. The van der Waals surface area contributed by atoms with Crippen LogP contribution in [0.3, 0.4) is 0 Å². The number of nitrogens with two attached hydrogens (primary N) is 1. The number of halogens is 1. The van der Waals surface area contributed by atoms with Gasteiger partial charge in [0.25, 0.3) is 0 Å². The SMILES string of the molecule is CC.CC.NC(=S)N/N=C(/c1cccc(Br)c1)c1cccc(OP(O)O)c1. The molecule has 0 bridgehead atoms. The molecular weight excluding hydrogens is 449 g/mol. The van der Waals surface area contributed by atoms with Gasteiger partial charge in [0.15, 0.2) is 5.11 Å². The Labute approximate surface area is 175 Å². The van der Waals surface area contributed by atoms with Crippen LogP contribution in [0.2, 0.25) is 0 Å². The molecule has 2 aromatic carbocycles. The lowest BCUT2D eigenvalue weighted by atomic mass is 10.0. The lowest BCUT2D eigenvalue weighted by Gasteiger charge is -2.11. The van der Waals surface area contributed by atoms with Gasteiger partial charge in [-0.1, -0.05) is 67.9 Å². The standard InChI is InChI=1S/C14H13BrN3O3PS.2C2H6/c15-11-5-1-3-9(7-11)13(17-18-14(16)23)10-4-2-6-12(8-10)21-22(19)20;2*1-2/h1-8,19-20H,(H3,16,18,23);2*1-2H3/b17-13-;;. The number of thiocarbonyl (C=S) groups is 1. The minimum atomic E-state index is -2.49. The van der Waals surface area contributed by atoms with Crippen molar-refractivity contribution in [3.05, 3.63) is 64.1 Å². The van der Waals surface area contributed by atoms with Crippen molar-refractivity contribution in [2.75, 3.05) is 0 Å². The maximum absolute atomic E-state index is 8.98. The quantitative estimate of drug-likeness (QED) is 0.217. The molecule has 27 heavy (non-hydrogen) atoms. The summed E-state index contributed by atoms with van der Waals surface area (Å²) in [6.07, 6.45) is 0. The van der Waals surface area contributed by atoms with Crippen molar-refractivity contribution < 1.29 is 14.3 Å². The second kappa shape index (κ2) is 14.5. The first-order valence-corrected chi connectivity index (χ1v) is 10.7. The van der Waals surface area contributed by atoms with Crippen LogP contribution in [-0.4, -0.2) is 20.6 Å². The van der Waals surface area contributed by atoms with Gasteiger partial charge in [0, 0.05) is 15.6 Å². The summed E-state index contributed by atoms with van der Waals surface area (Å²) < 4.78 is 5.82. The Balaban J connectivity index is 0.00000158. The maximum atomic E-state index is 8.98. The third-order valence-corrected chi connectivity index (χ3v) is 3.63. The topological polar surface area (TPSA) is 100 Å². The summed E-state index contributed by atoms with van der Waals surface area (Å²) in [4.78, 5) is 18.0. The van der Waals surface area contributed by atoms with Crippen LogP contribution in [0.5, 0.6) is 5.75 Å². The average Bonchev–Trinajstić information content (AvgIpc) is 2.65. The Morgan fingerprint density at radius 3 is 2.15 bits per heavy atom. The van der Waals surface area contributed by atoms with Gasteiger partial charge in [-0.15, -0.1) is 0 Å². The molecule has 0 spiro atoms. The predicted octanol–water partition coefficient (Wildman–Crippen LogP) is 4.68. The van der Waals surface area contributed by atoms with Gasteiger partial charge in [-0.05, 0) is 36.5 Å². The predicted molar refractivity (Wildman–Crippen MR) is 121 cm³/mol. The van der Waals surface area contributed by atoms with Crippen LogP contribution in [0.15, 0.2) is 58.1 Å². The molecule has 0 fully saturated rings. The third kappa shape index (κ3) is 9.79. The number of rotatable bonds is 5. The molecule has 0 aliphatic heterocycles. The van der Waals surface area contributed by atoms with E-state index in [4.69, 9.17) is 32.3 Å². The number of hydrogen-bond acceptors (Lipinski definition) is 5. The van der Waals surface area contributed by atoms with Crippen LogP contribution in [0.1, 0.15) is 38.8 Å². The number of hydrazone groups is 1. The molecule has 0 aromatic heterocycles. The van der Waals surface area contributed by atoms with E-state index < -0.39 is 8.60 Å². The molecule has 0 aliphatic carbocycles. The summed E-state index contributed by atoms with van der Waals surface area (Å²) in [6, 6.07) is 14.3. The van der Waals surface area contributed by atoms with E-state index in [-0.39, 0.29) is 5.11 Å². The van der Waals surface area contributed by atoms with Gasteiger partial charge < -0.3 is 20.0 Å². The molecule has 0 saturated carbocycles. The zero-order valence-corrected chi connectivity index (χ0v) is 19.0. The first-order valence-electron chi connectivity index (χ1n) is 8.31. The number of nitrogens with one attached hydrogen (secondary N) is 1. The Hall–Kier alpha value is -1.57. The van der Waals surface area contributed by atoms with E-state index in [1.807, 2.05) is 58.0 Å². The fourth-order valence-corrected chi connectivity index (χ4v) is 2.58. The minimum Gasteiger partial charge on any atom is -0.427 e. The largest absolute Gasteiger partial charge is 0.427 e. The monoisotopic (exact) mass is 473 g/mol. The van der Waals surface area contributed by atoms with Crippen LogP contribution in [0.25, 0.3) is 0 Å². The molecule has 6 nitrogen and oxygen atoms in total. The normalized spacial score (nSPS) is 10.1. The zero-order valence-electron chi connectivity index (χ0n) is 15.7. The van der Waals surface area contributed by atoms with Crippen LogP contribution in [0.4, 0.5) is 0 Å². The van der Waals surface area contributed by atoms with Crippen molar-refractivity contribution in [3.8, 4) is 5.75 Å². The lowest BCUT2D eigenvalue weighted by Crippen LogP contribution is -2.26. The van der Waals surface area contributed by atoms with E-state index >= 15 is 0 Å². The molecule has 0 saturated heterocycles. The first kappa shape index (κ1) is 25.4. The second-order valence-electron chi connectivity index (χ2n) is 4.32. The lowest BCUT2D eigenvalue weighted by molar-refractivity contribution is 0.375. The van der Waals surface area contributed by atoms with Gasteiger partial charge in [0.2, 0.25) is 0 Å². The second-order valence-corrected chi connectivity index (χ2v) is 6.36. The zero-order chi connectivity index (χ0) is 20.8. The molecule has 0 atom stereocenters. The molecule has 0 heterocycles. The molecule has 0 radical (unpaired) electrons. The van der Waals surface area contributed by atoms with Crippen molar-refractivity contribution in [3.63, 3.8) is 0 Å². The van der Waals surface area contributed by atoms with Gasteiger partial charge in [-0.25, -0.2) is 0 Å². The molecule has 0 unspecified atom stereocenters. The Morgan fingerprint density at radius 1 is 1.07 bits per heavy atom. The van der Waals surface area contributed by atoms with Crippen molar-refractivity contribution in [1.29, 1.82) is 0 Å². The molecule has 2 rings (SSSR count). The summed E-state index contributed by atoms with van der Waals surface area (Å²) in [5.74, 6) is 0.316. The highest BCUT2D eigenvalue weighted by molar-refractivity contribution is 9.10. The van der Waals surface area contributed by atoms with Crippen LogP contribution in [0, 0.1) is 0 Å². The highest BCUT2D eigenvalue weighted by atomic mass is 79.9. The maximum Gasteiger partial charge on any atom is 0.391 e. The van der Waals surface area contributed by atoms with E-state index in [2.05, 4.69) is 26.5 Å². The van der Waals surface area contributed by atoms with E-state index in [0.717, 1.165) is 10.0 Å². The molecular formula is C18H25BrN3O3PS. The number of hydrogen-bond donors (Lipinski definition) is 4. The highest BCUT2D eigenvalue weighted by Crippen LogP contribution is 2.29. The third-order valence-electron chi connectivity index (χ3n) is 2.67. The molecule has 148 valence electrons. The van der Waals surface area contributed by atoms with E-state index in [9.17, 15) is 0 Å². The van der Waals surface area contributed by atoms with E-state index in [1.54, 1.807) is 18.2 Å². The van der Waals surface area contributed by atoms with Crippen LogP contribution < -0.4 is 15.7 Å². The average molecular weight is 474 g/mol. The molecule has 0 amide bonds. The van der Waals surface area contributed by atoms with Gasteiger partial charge in [-0.3, -0.25) is 5.43 Å². The fourth-order valence-electron chi connectivity index (χ4n) is 1.84. The van der Waals surface area contributed by atoms with Crippen LogP contribution >= 0.6 is 36.8 Å². The molecule has 9 heteroatoms. The van der Waals surface area contributed by atoms with Crippen molar-refractivity contribution in [2.24, 2.45) is 10.8 Å². The number of nitrogens with zero attached hydrogens (tertiary/aromatic N) is 1. The van der Waals surface area contributed by atoms with Crippen molar-refractivity contribution >= 4 is 47.6 Å². The minimum absolute atomic E-state index is 0.0409. The summed E-state index contributed by atoms with van der Waals surface area (Å²) in [5, 5.41) is 4.27. The summed E-state index contributed by atoms with van der Waals surface area (Å²) in [7, 11) is -2.49. The van der Waals surface area contributed by atoms with Gasteiger partial charge in [-0.2, -0.15) is 5.10 Å². The van der Waals surface area contributed by atoms with Crippen LogP contribution in [-0.2, 0) is 0 Å². The van der Waals surface area contributed by atoms with Gasteiger partial charge in [0.05, 0.1) is 5.71 Å².